The van der Waals surface area contributed by atoms with Crippen LogP contribution in [0, 0.1) is 0 Å². The third-order valence-electron chi connectivity index (χ3n) is 1.20. The fourth-order valence-electron chi connectivity index (χ4n) is 0.719. The van der Waals surface area contributed by atoms with Crippen molar-refractivity contribution in [2.24, 2.45) is 0 Å². The van der Waals surface area contributed by atoms with Crippen molar-refractivity contribution in [2.75, 3.05) is 5.75 Å². The topological polar surface area (TPSA) is 17.1 Å². The Balaban J connectivity index is 3.85. The molecule has 13 heavy (non-hydrogen) atoms. The van der Waals surface area contributed by atoms with Crippen molar-refractivity contribution in [1.82, 2.24) is 0 Å². The Morgan fingerprint density at radius 1 is 1.23 bits per heavy atom. The number of thioether (sulfide) groups is 2. The average Bonchev–Trinajstić information content (AvgIpc) is 2.01. The fourth-order valence-corrected chi connectivity index (χ4v) is 2.26. The van der Waals surface area contributed by atoms with Gasteiger partial charge in [-0.2, -0.15) is 11.8 Å². The van der Waals surface area contributed by atoms with Gasteiger partial charge in [0.15, 0.2) is 6.29 Å². The van der Waals surface area contributed by atoms with E-state index in [1.807, 2.05) is 17.8 Å². The molecule has 0 aromatic heterocycles. The van der Waals surface area contributed by atoms with Crippen LogP contribution in [-0.4, -0.2) is 22.5 Å². The quantitative estimate of drug-likeness (QED) is 0.503. The molecule has 0 heterocycles. The van der Waals surface area contributed by atoms with Crippen LogP contribution in [0.2, 0.25) is 0 Å². The van der Waals surface area contributed by atoms with Gasteiger partial charge in [0, 0.05) is 15.9 Å². The van der Waals surface area contributed by atoms with Gasteiger partial charge in [-0.15, -0.1) is 11.8 Å². The molecule has 1 nitrogen and oxygen atoms in total. The van der Waals surface area contributed by atoms with Gasteiger partial charge < -0.3 is 0 Å². The highest BCUT2D eigenvalue weighted by Crippen LogP contribution is 2.20. The van der Waals surface area contributed by atoms with Crippen LogP contribution >= 0.6 is 23.5 Å². The fraction of sp³-hybridized carbons (Fsp3) is 0.700. The molecule has 0 N–H and O–H groups in total. The maximum atomic E-state index is 10.6. The normalized spacial score (nSPS) is 12.6. The molecule has 0 aliphatic heterocycles. The summed E-state index contributed by atoms with van der Waals surface area (Å²) in [6.07, 6.45) is 2.97. The smallest absolute Gasteiger partial charge is 0.156 e. The third kappa shape index (κ3) is 8.44. The molecule has 0 saturated carbocycles. The third-order valence-corrected chi connectivity index (χ3v) is 3.23. The molecule has 0 aliphatic carbocycles. The van der Waals surface area contributed by atoms with E-state index in [0.29, 0.717) is 10.5 Å². The van der Waals surface area contributed by atoms with E-state index < -0.39 is 0 Å². The van der Waals surface area contributed by atoms with Crippen molar-refractivity contribution in [3.8, 4) is 0 Å². The first kappa shape index (κ1) is 13.1. The molecule has 76 valence electrons. The maximum Gasteiger partial charge on any atom is 0.156 e. The highest BCUT2D eigenvalue weighted by molar-refractivity contribution is 8.04. The maximum absolute atomic E-state index is 10.6. The second-order valence-corrected chi connectivity index (χ2v) is 6.53. The Labute approximate surface area is 89.7 Å². The lowest BCUT2D eigenvalue weighted by atomic mass is 10.5. The first-order valence-corrected chi connectivity index (χ1v) is 6.42. The van der Waals surface area contributed by atoms with Gasteiger partial charge in [-0.1, -0.05) is 33.8 Å². The average molecular weight is 218 g/mol. The van der Waals surface area contributed by atoms with Gasteiger partial charge in [-0.05, 0) is 5.25 Å². The molecule has 0 amide bonds. The molecule has 0 fully saturated rings. The van der Waals surface area contributed by atoms with Crippen LogP contribution < -0.4 is 0 Å². The summed E-state index contributed by atoms with van der Waals surface area (Å²) in [4.78, 5) is 11.5. The second-order valence-electron chi connectivity index (χ2n) is 3.27. The van der Waals surface area contributed by atoms with Gasteiger partial charge in [-0.3, -0.25) is 4.79 Å². The molecular weight excluding hydrogens is 200 g/mol. The summed E-state index contributed by atoms with van der Waals surface area (Å²) >= 11 is 3.48. The SMILES string of the molecule is CC(C)SC/C=C(\C=O)SC(C)C. The van der Waals surface area contributed by atoms with Crippen molar-refractivity contribution in [3.05, 3.63) is 11.0 Å². The molecule has 0 radical (unpaired) electrons. The van der Waals surface area contributed by atoms with Crippen LogP contribution in [0.5, 0.6) is 0 Å². The van der Waals surface area contributed by atoms with Crippen molar-refractivity contribution >= 4 is 29.8 Å². The molecule has 0 saturated heterocycles. The van der Waals surface area contributed by atoms with E-state index in [4.69, 9.17) is 0 Å². The minimum atomic E-state index is 0.487. The number of carbonyl (C=O) groups excluding carboxylic acids is 1. The predicted octanol–water partition coefficient (Wildman–Crippen LogP) is 3.35. The van der Waals surface area contributed by atoms with Crippen molar-refractivity contribution in [2.45, 2.75) is 38.2 Å². The lowest BCUT2D eigenvalue weighted by Crippen LogP contribution is -1.92. The van der Waals surface area contributed by atoms with E-state index >= 15 is 0 Å². The number of carbonyl (C=O) groups is 1. The van der Waals surface area contributed by atoms with Crippen molar-refractivity contribution in [1.29, 1.82) is 0 Å². The van der Waals surface area contributed by atoms with Crippen LogP contribution in [0.1, 0.15) is 27.7 Å². The Morgan fingerprint density at radius 2 is 1.85 bits per heavy atom. The van der Waals surface area contributed by atoms with Gasteiger partial charge in [-0.25, -0.2) is 0 Å². The zero-order valence-electron chi connectivity index (χ0n) is 8.74. The van der Waals surface area contributed by atoms with Crippen LogP contribution in [0.15, 0.2) is 11.0 Å². The standard InChI is InChI=1S/C10H18OS2/c1-8(2)12-6-5-10(7-11)13-9(3)4/h5,7-9H,6H2,1-4H3/b10-5+. The Morgan fingerprint density at radius 3 is 2.23 bits per heavy atom. The molecule has 0 unspecified atom stereocenters. The number of hydrogen-bond acceptors (Lipinski definition) is 3. The highest BCUT2D eigenvalue weighted by Gasteiger charge is 2.00. The molecule has 0 atom stereocenters. The molecule has 0 rings (SSSR count). The minimum absolute atomic E-state index is 0.487. The van der Waals surface area contributed by atoms with E-state index in [2.05, 4.69) is 27.7 Å². The van der Waals surface area contributed by atoms with E-state index in [9.17, 15) is 4.79 Å². The summed E-state index contributed by atoms with van der Waals surface area (Å²) in [6, 6.07) is 0. The zero-order chi connectivity index (χ0) is 10.3. The molecule has 0 aromatic rings. The Kier molecular flexibility index (Phi) is 7.57. The Hall–Kier alpha value is 0.110. The second kappa shape index (κ2) is 7.51. The molecule has 0 spiro atoms. The first-order chi connectivity index (χ1) is 6.06. The van der Waals surface area contributed by atoms with Gasteiger partial charge in [0.05, 0.1) is 0 Å². The zero-order valence-corrected chi connectivity index (χ0v) is 10.4. The summed E-state index contributed by atoms with van der Waals surface area (Å²) in [5, 5.41) is 1.12. The summed E-state index contributed by atoms with van der Waals surface area (Å²) in [5.74, 6) is 0.936. The highest BCUT2D eigenvalue weighted by atomic mass is 32.2. The van der Waals surface area contributed by atoms with Gasteiger partial charge in [0.25, 0.3) is 0 Å². The number of hydrogen-bond donors (Lipinski definition) is 0. The summed E-state index contributed by atoms with van der Waals surface area (Å²) < 4.78 is 0. The lowest BCUT2D eigenvalue weighted by Gasteiger charge is -2.04. The Bertz CT molecular complexity index is 174. The van der Waals surface area contributed by atoms with E-state index in [-0.39, 0.29) is 0 Å². The van der Waals surface area contributed by atoms with E-state index in [1.165, 1.54) is 0 Å². The number of rotatable bonds is 6. The van der Waals surface area contributed by atoms with Crippen LogP contribution in [0.3, 0.4) is 0 Å². The lowest BCUT2D eigenvalue weighted by molar-refractivity contribution is -0.104. The summed E-state index contributed by atoms with van der Waals surface area (Å²) in [5.41, 5.74) is 0. The van der Waals surface area contributed by atoms with Gasteiger partial charge in [0.1, 0.15) is 0 Å². The summed E-state index contributed by atoms with van der Waals surface area (Å²) in [7, 11) is 0. The monoisotopic (exact) mass is 218 g/mol. The number of allylic oxidation sites excluding steroid dienone is 1. The molecule has 0 bridgehead atoms. The first-order valence-electron chi connectivity index (χ1n) is 4.49. The van der Waals surface area contributed by atoms with Crippen LogP contribution in [-0.2, 0) is 4.79 Å². The van der Waals surface area contributed by atoms with Crippen molar-refractivity contribution in [3.63, 3.8) is 0 Å². The van der Waals surface area contributed by atoms with Crippen molar-refractivity contribution < 1.29 is 4.79 Å². The predicted molar refractivity (Wildman–Crippen MR) is 64.5 cm³/mol. The van der Waals surface area contributed by atoms with Gasteiger partial charge in [0.2, 0.25) is 0 Å². The largest absolute Gasteiger partial charge is 0.297 e. The molecule has 0 aromatic carbocycles. The van der Waals surface area contributed by atoms with Gasteiger partial charge >= 0.3 is 0 Å². The minimum Gasteiger partial charge on any atom is -0.297 e. The number of aldehydes is 1. The van der Waals surface area contributed by atoms with Crippen LogP contribution in [0.4, 0.5) is 0 Å². The van der Waals surface area contributed by atoms with E-state index in [0.717, 1.165) is 16.9 Å². The molecule has 0 aliphatic rings. The molecule has 3 heteroatoms. The molecular formula is C10H18OS2. The van der Waals surface area contributed by atoms with E-state index in [1.54, 1.807) is 11.8 Å². The van der Waals surface area contributed by atoms with Crippen LogP contribution in [0.25, 0.3) is 0 Å². The summed E-state index contributed by atoms with van der Waals surface area (Å²) in [6.45, 7) is 8.51.